The molecule has 3 aromatic rings. The van der Waals surface area contributed by atoms with Gasteiger partial charge in [-0.15, -0.1) is 0 Å². The van der Waals surface area contributed by atoms with Crippen LogP contribution in [-0.2, 0) is 16.0 Å². The van der Waals surface area contributed by atoms with E-state index in [4.69, 9.17) is 21.3 Å². The lowest BCUT2D eigenvalue weighted by molar-refractivity contribution is -0.143. The maximum absolute atomic E-state index is 13.6. The minimum absolute atomic E-state index is 0.0443. The summed E-state index contributed by atoms with van der Waals surface area (Å²) in [7, 11) is 1.36. The van der Waals surface area contributed by atoms with Gasteiger partial charge in [-0.3, -0.25) is 14.5 Å². The monoisotopic (exact) mass is 524 g/mol. The first kappa shape index (κ1) is 25.1. The summed E-state index contributed by atoms with van der Waals surface area (Å²) in [5.74, 6) is -1.53. The number of benzene rings is 2. The van der Waals surface area contributed by atoms with Gasteiger partial charge < -0.3 is 19.7 Å². The molecule has 0 bridgehead atoms. The van der Waals surface area contributed by atoms with Crippen molar-refractivity contribution in [2.45, 2.75) is 57.5 Å². The van der Waals surface area contributed by atoms with E-state index in [9.17, 15) is 19.5 Å². The number of aromatic nitrogens is 2. The Morgan fingerprint density at radius 2 is 1.92 bits per heavy atom. The topological polar surface area (TPSA) is 114 Å². The minimum Gasteiger partial charge on any atom is -0.481 e. The van der Waals surface area contributed by atoms with E-state index >= 15 is 0 Å². The van der Waals surface area contributed by atoms with Crippen molar-refractivity contribution in [3.05, 3.63) is 52.8 Å². The SMILES string of the molecule is COC(=O)N1c2ccc3c(nc(C(=O)Nc4ccccc4Cl)n3[C@@H]3CCC[C@@H](C(=O)O)C3)c2CCC1C. The van der Waals surface area contributed by atoms with Crippen LogP contribution in [0.25, 0.3) is 11.0 Å². The summed E-state index contributed by atoms with van der Waals surface area (Å²) < 4.78 is 6.92. The van der Waals surface area contributed by atoms with Gasteiger partial charge >= 0.3 is 12.1 Å². The number of para-hydroxylation sites is 1. The molecule has 9 nitrogen and oxygen atoms in total. The number of ether oxygens (including phenoxy) is 1. The van der Waals surface area contributed by atoms with Crippen molar-refractivity contribution in [3.8, 4) is 0 Å². The summed E-state index contributed by atoms with van der Waals surface area (Å²) in [6.07, 6.45) is 3.47. The van der Waals surface area contributed by atoms with E-state index in [2.05, 4.69) is 5.32 Å². The molecule has 1 aliphatic carbocycles. The number of rotatable bonds is 4. The number of imidazole rings is 1. The van der Waals surface area contributed by atoms with E-state index in [1.54, 1.807) is 29.2 Å². The van der Waals surface area contributed by atoms with Gasteiger partial charge in [0.05, 0.1) is 40.5 Å². The van der Waals surface area contributed by atoms with Gasteiger partial charge in [-0.2, -0.15) is 0 Å². The highest BCUT2D eigenvalue weighted by molar-refractivity contribution is 6.33. The van der Waals surface area contributed by atoms with Gasteiger partial charge in [0.2, 0.25) is 5.82 Å². The molecule has 2 N–H and O–H groups in total. The lowest BCUT2D eigenvalue weighted by atomic mass is 9.85. The third kappa shape index (κ3) is 4.52. The Morgan fingerprint density at radius 1 is 1.14 bits per heavy atom. The number of methoxy groups -OCH3 is 1. The average Bonchev–Trinajstić information content (AvgIpc) is 3.29. The lowest BCUT2D eigenvalue weighted by Gasteiger charge is -2.34. The van der Waals surface area contributed by atoms with E-state index < -0.39 is 23.9 Å². The van der Waals surface area contributed by atoms with Crippen LogP contribution in [0.1, 0.15) is 61.3 Å². The third-order valence-electron chi connectivity index (χ3n) is 7.51. The molecule has 0 radical (unpaired) electrons. The van der Waals surface area contributed by atoms with Gasteiger partial charge in [-0.25, -0.2) is 9.78 Å². The summed E-state index contributed by atoms with van der Waals surface area (Å²) in [6, 6.07) is 10.5. The van der Waals surface area contributed by atoms with E-state index in [1.165, 1.54) is 7.11 Å². The fraction of sp³-hybridized carbons (Fsp3) is 0.407. The summed E-state index contributed by atoms with van der Waals surface area (Å²) in [5.41, 5.74) is 3.44. The first-order chi connectivity index (χ1) is 17.8. The van der Waals surface area contributed by atoms with Crippen molar-refractivity contribution in [2.24, 2.45) is 5.92 Å². The number of nitrogens with one attached hydrogen (secondary N) is 1. The van der Waals surface area contributed by atoms with Crippen LogP contribution >= 0.6 is 11.6 Å². The first-order valence-electron chi connectivity index (χ1n) is 12.5. The van der Waals surface area contributed by atoms with Crippen LogP contribution < -0.4 is 10.2 Å². The number of anilines is 2. The zero-order chi connectivity index (χ0) is 26.3. The van der Waals surface area contributed by atoms with Crippen LogP contribution in [0, 0.1) is 5.92 Å². The summed E-state index contributed by atoms with van der Waals surface area (Å²) >= 11 is 6.29. The fourth-order valence-corrected chi connectivity index (χ4v) is 5.85. The number of hydrogen-bond acceptors (Lipinski definition) is 5. The Bertz CT molecular complexity index is 1390. The number of hydrogen-bond donors (Lipinski definition) is 2. The molecule has 2 aromatic carbocycles. The molecule has 1 saturated carbocycles. The van der Waals surface area contributed by atoms with Crippen molar-refractivity contribution in [3.63, 3.8) is 0 Å². The second kappa shape index (κ2) is 10.0. The average molecular weight is 525 g/mol. The highest BCUT2D eigenvalue weighted by atomic mass is 35.5. The number of carboxylic acids is 1. The summed E-state index contributed by atoms with van der Waals surface area (Å²) in [5, 5.41) is 13.0. The number of fused-ring (bicyclic) bond motifs is 3. The van der Waals surface area contributed by atoms with Gasteiger partial charge in [0.25, 0.3) is 5.91 Å². The van der Waals surface area contributed by atoms with Crippen LogP contribution in [0.4, 0.5) is 16.2 Å². The standard InChI is InChI=1S/C27H29ClN4O5/c1-15-10-11-18-21(31(15)27(36)37-2)12-13-22-23(18)30-24(25(33)29-20-9-4-3-8-19(20)28)32(22)17-7-5-6-16(14-17)26(34)35/h3-4,8-9,12-13,15-17H,5-7,10-11,14H2,1-2H3,(H,29,33)(H,34,35)/t15?,16-,17-/m1/s1. The molecule has 1 aromatic heterocycles. The van der Waals surface area contributed by atoms with Crippen LogP contribution in [0.2, 0.25) is 5.02 Å². The first-order valence-corrected chi connectivity index (χ1v) is 12.9. The molecule has 194 valence electrons. The molecule has 3 atom stereocenters. The second-order valence-electron chi connectivity index (χ2n) is 9.75. The van der Waals surface area contributed by atoms with Crippen LogP contribution in [0.15, 0.2) is 36.4 Å². The molecule has 2 heterocycles. The van der Waals surface area contributed by atoms with Crippen LogP contribution in [-0.4, -0.2) is 45.8 Å². The Labute approximate surface area is 219 Å². The fourth-order valence-electron chi connectivity index (χ4n) is 5.67. The summed E-state index contributed by atoms with van der Waals surface area (Å²) in [6.45, 7) is 1.97. The molecule has 1 fully saturated rings. The highest BCUT2D eigenvalue weighted by Gasteiger charge is 2.35. The number of carboxylic acid groups (broad SMARTS) is 1. The van der Waals surface area contributed by atoms with Crippen molar-refractivity contribution in [1.82, 2.24) is 9.55 Å². The quantitative estimate of drug-likeness (QED) is 0.455. The van der Waals surface area contributed by atoms with Crippen molar-refractivity contribution < 1.29 is 24.2 Å². The third-order valence-corrected chi connectivity index (χ3v) is 7.84. The summed E-state index contributed by atoms with van der Waals surface area (Å²) in [4.78, 5) is 44.4. The number of aliphatic carboxylic acids is 1. The molecule has 5 rings (SSSR count). The van der Waals surface area contributed by atoms with Crippen molar-refractivity contribution >= 4 is 52.0 Å². The Hall–Kier alpha value is -3.59. The van der Waals surface area contributed by atoms with E-state index in [0.717, 1.165) is 30.3 Å². The largest absolute Gasteiger partial charge is 0.481 e. The van der Waals surface area contributed by atoms with E-state index in [1.807, 2.05) is 23.6 Å². The predicted molar refractivity (Wildman–Crippen MR) is 140 cm³/mol. The molecule has 1 unspecified atom stereocenters. The van der Waals surface area contributed by atoms with Gasteiger partial charge in [0.15, 0.2) is 0 Å². The molecule has 0 spiro atoms. The van der Waals surface area contributed by atoms with Gasteiger partial charge in [0, 0.05) is 17.6 Å². The smallest absolute Gasteiger partial charge is 0.414 e. The number of halogens is 1. The molecule has 0 saturated heterocycles. The maximum Gasteiger partial charge on any atom is 0.414 e. The number of carbonyl (C=O) groups excluding carboxylic acids is 2. The molecular formula is C27H29ClN4O5. The molecule has 2 amide bonds. The minimum atomic E-state index is -0.823. The Kier molecular flexibility index (Phi) is 6.81. The van der Waals surface area contributed by atoms with E-state index in [-0.39, 0.29) is 17.9 Å². The predicted octanol–water partition coefficient (Wildman–Crippen LogP) is 5.67. The van der Waals surface area contributed by atoms with Crippen molar-refractivity contribution in [1.29, 1.82) is 0 Å². The van der Waals surface area contributed by atoms with E-state index in [0.29, 0.717) is 41.2 Å². The molecule has 37 heavy (non-hydrogen) atoms. The second-order valence-corrected chi connectivity index (χ2v) is 10.2. The maximum atomic E-state index is 13.6. The van der Waals surface area contributed by atoms with Crippen LogP contribution in [0.3, 0.4) is 0 Å². The normalized spacial score (nSPS) is 21.4. The Morgan fingerprint density at radius 3 is 2.65 bits per heavy atom. The lowest BCUT2D eigenvalue weighted by Crippen LogP contribution is -2.42. The molecular weight excluding hydrogens is 496 g/mol. The van der Waals surface area contributed by atoms with Crippen LogP contribution in [0.5, 0.6) is 0 Å². The van der Waals surface area contributed by atoms with Crippen molar-refractivity contribution in [2.75, 3.05) is 17.3 Å². The number of amides is 2. The number of aryl methyl sites for hydroxylation is 1. The Balaban J connectivity index is 1.65. The zero-order valence-electron chi connectivity index (χ0n) is 20.7. The molecule has 1 aliphatic heterocycles. The zero-order valence-corrected chi connectivity index (χ0v) is 21.5. The number of carbonyl (C=O) groups is 3. The van der Waals surface area contributed by atoms with Gasteiger partial charge in [-0.05, 0) is 63.3 Å². The molecule has 2 aliphatic rings. The molecule has 10 heteroatoms. The van der Waals surface area contributed by atoms with Gasteiger partial charge in [-0.1, -0.05) is 30.2 Å². The van der Waals surface area contributed by atoms with Gasteiger partial charge in [0.1, 0.15) is 0 Å². The highest BCUT2D eigenvalue weighted by Crippen LogP contribution is 2.40. The number of nitrogens with zero attached hydrogens (tertiary/aromatic N) is 3.